The second-order valence-corrected chi connectivity index (χ2v) is 12.1. The summed E-state index contributed by atoms with van der Waals surface area (Å²) in [5.74, 6) is -0.252. The topological polar surface area (TPSA) is 142 Å². The van der Waals surface area contributed by atoms with Crippen molar-refractivity contribution in [3.05, 3.63) is 105 Å². The number of fused-ring (bicyclic) bond motifs is 3. The maximum atomic E-state index is 15.3. The van der Waals surface area contributed by atoms with Gasteiger partial charge in [0.05, 0.1) is 30.7 Å². The molecule has 0 fully saturated rings. The van der Waals surface area contributed by atoms with Gasteiger partial charge < -0.3 is 30.5 Å². The third-order valence-corrected chi connectivity index (χ3v) is 9.24. The van der Waals surface area contributed by atoms with Crippen molar-refractivity contribution in [1.82, 2.24) is 25.0 Å². The highest BCUT2D eigenvalue weighted by Crippen LogP contribution is 2.35. The van der Waals surface area contributed by atoms with E-state index in [9.17, 15) is 19.8 Å². The van der Waals surface area contributed by atoms with Crippen LogP contribution in [-0.4, -0.2) is 62.2 Å². The first-order valence-corrected chi connectivity index (χ1v) is 15.7. The normalized spacial score (nSPS) is 16.0. The molecule has 11 nitrogen and oxygen atoms in total. The van der Waals surface area contributed by atoms with Gasteiger partial charge in [0.25, 0.3) is 5.56 Å². The van der Waals surface area contributed by atoms with Gasteiger partial charge >= 0.3 is 0 Å². The number of amides is 1. The average molecular weight is 645 g/mol. The van der Waals surface area contributed by atoms with Crippen molar-refractivity contribution >= 4 is 38.7 Å². The van der Waals surface area contributed by atoms with Crippen LogP contribution in [0.1, 0.15) is 34.4 Å². The van der Waals surface area contributed by atoms with E-state index in [-0.39, 0.29) is 30.3 Å². The number of nitrogens with zero attached hydrogens (tertiary/aromatic N) is 4. The summed E-state index contributed by atoms with van der Waals surface area (Å²) >= 11 is 1.47. The molecule has 13 heteroatoms. The zero-order valence-electron chi connectivity index (χ0n) is 25.1. The number of halogens is 1. The van der Waals surface area contributed by atoms with Crippen molar-refractivity contribution in [2.24, 2.45) is 0 Å². The van der Waals surface area contributed by atoms with Gasteiger partial charge in [-0.25, -0.2) is 4.39 Å². The number of benzene rings is 1. The van der Waals surface area contributed by atoms with Crippen LogP contribution in [0.4, 0.5) is 10.2 Å². The first-order valence-electron chi connectivity index (χ1n) is 14.8. The molecule has 4 heterocycles. The number of aromatic nitrogens is 3. The minimum Gasteiger partial charge on any atom is -0.476 e. The van der Waals surface area contributed by atoms with Crippen molar-refractivity contribution in [1.29, 1.82) is 0 Å². The summed E-state index contributed by atoms with van der Waals surface area (Å²) in [6, 6.07) is 7.55. The van der Waals surface area contributed by atoms with Crippen LogP contribution in [0.3, 0.4) is 0 Å². The summed E-state index contributed by atoms with van der Waals surface area (Å²) in [6.07, 6.45) is 9.00. The number of rotatable bonds is 10. The Bertz CT molecular complexity index is 1950. The van der Waals surface area contributed by atoms with E-state index < -0.39 is 18.7 Å². The number of carbonyl (C=O) groups excluding carboxylic acids is 1. The van der Waals surface area contributed by atoms with Gasteiger partial charge in [-0.2, -0.15) is 14.8 Å². The van der Waals surface area contributed by atoms with Crippen molar-refractivity contribution in [2.75, 3.05) is 25.5 Å². The van der Waals surface area contributed by atoms with Crippen molar-refractivity contribution in [3.63, 3.8) is 0 Å². The highest BCUT2D eigenvalue weighted by atomic mass is 32.1. The number of nitrogens with one attached hydrogen (secondary N) is 2. The van der Waals surface area contributed by atoms with E-state index in [0.29, 0.717) is 38.8 Å². The minimum absolute atomic E-state index is 0.143. The predicted molar refractivity (Wildman–Crippen MR) is 174 cm³/mol. The van der Waals surface area contributed by atoms with E-state index >= 15 is 4.39 Å². The lowest BCUT2D eigenvalue weighted by Crippen LogP contribution is -2.34. The van der Waals surface area contributed by atoms with E-state index in [2.05, 4.69) is 27.3 Å². The molecule has 1 unspecified atom stereocenters. The highest BCUT2D eigenvalue weighted by molar-refractivity contribution is 7.19. The van der Waals surface area contributed by atoms with Gasteiger partial charge in [-0.1, -0.05) is 12.6 Å². The number of hydrogen-bond acceptors (Lipinski definition) is 10. The second kappa shape index (κ2) is 13.3. The first kappa shape index (κ1) is 31.1. The number of aliphatic hydroxyl groups is 2. The number of pyridine rings is 1. The van der Waals surface area contributed by atoms with E-state index in [0.717, 1.165) is 35.8 Å². The van der Waals surface area contributed by atoms with Crippen LogP contribution in [0.25, 0.3) is 21.3 Å². The summed E-state index contributed by atoms with van der Waals surface area (Å²) in [4.78, 5) is 32.2. The number of ether oxygens (including phenoxy) is 1. The standard InChI is InChI=1S/C33H33FN6O5S/c1-3-29(42)35-11-12-45-30-10-6-9-28(38-30)37-25-13-19(17-39(2)32(25)43)22-14-20(34)15-26(24(22)18-41)40-33(44)31-23(16-36-40)21-7-4-5-8-27(21)46-31/h3,6,9-10,13-17,32,41,43H,1,4-5,7-8,11-12,18H2,2H3,(H,35,42)(H,37,38). The molecule has 46 heavy (non-hydrogen) atoms. The van der Waals surface area contributed by atoms with Gasteiger partial charge in [0.2, 0.25) is 11.8 Å². The maximum Gasteiger partial charge on any atom is 0.289 e. The molecule has 4 N–H and O–H groups in total. The molecule has 1 amide bonds. The Balaban J connectivity index is 1.32. The van der Waals surface area contributed by atoms with Crippen molar-refractivity contribution < 1.29 is 24.1 Å². The van der Waals surface area contributed by atoms with Gasteiger partial charge in [-0.15, -0.1) is 11.3 Å². The number of anilines is 1. The average Bonchev–Trinajstić information content (AvgIpc) is 3.44. The molecular formula is C33H33FN6O5S. The molecule has 1 aliphatic carbocycles. The van der Waals surface area contributed by atoms with Gasteiger partial charge in [-0.05, 0) is 61.1 Å². The lowest BCUT2D eigenvalue weighted by molar-refractivity contribution is -0.116. The Morgan fingerprint density at radius 3 is 2.91 bits per heavy atom. The number of likely N-dealkylation sites (N-methyl/N-ethyl adjacent to an activating group) is 1. The monoisotopic (exact) mass is 644 g/mol. The zero-order valence-corrected chi connectivity index (χ0v) is 25.9. The Labute approximate surface area is 268 Å². The molecular weight excluding hydrogens is 611 g/mol. The predicted octanol–water partition coefficient (Wildman–Crippen LogP) is 3.63. The number of allylic oxidation sites excluding steroid dienone is 2. The summed E-state index contributed by atoms with van der Waals surface area (Å²) in [5.41, 5.74) is 2.41. The largest absolute Gasteiger partial charge is 0.476 e. The quantitative estimate of drug-likeness (QED) is 0.150. The first-order chi connectivity index (χ1) is 22.3. The molecule has 4 aromatic rings. The number of aliphatic hydroxyl groups excluding tert-OH is 2. The van der Waals surface area contributed by atoms with Crippen molar-refractivity contribution in [3.8, 4) is 11.6 Å². The van der Waals surface area contributed by atoms with Crippen LogP contribution >= 0.6 is 11.3 Å². The van der Waals surface area contributed by atoms with Crippen molar-refractivity contribution in [2.45, 2.75) is 38.5 Å². The number of aryl methyl sites for hydroxylation is 2. The lowest BCUT2D eigenvalue weighted by atomic mass is 9.96. The summed E-state index contributed by atoms with van der Waals surface area (Å²) in [6.45, 7) is 3.36. The number of hydrogen-bond donors (Lipinski definition) is 4. The minimum atomic E-state index is -1.09. The van der Waals surface area contributed by atoms with Crippen LogP contribution < -0.4 is 20.9 Å². The maximum absolute atomic E-state index is 15.3. The molecule has 3 aromatic heterocycles. The molecule has 0 radical (unpaired) electrons. The van der Waals surface area contributed by atoms with E-state index in [4.69, 9.17) is 4.74 Å². The Kier molecular flexibility index (Phi) is 8.97. The summed E-state index contributed by atoms with van der Waals surface area (Å²) < 4.78 is 22.6. The third-order valence-electron chi connectivity index (χ3n) is 7.94. The third kappa shape index (κ3) is 6.16. The van der Waals surface area contributed by atoms with E-state index in [1.165, 1.54) is 44.9 Å². The van der Waals surface area contributed by atoms with Crippen LogP contribution in [0.15, 0.2) is 72.0 Å². The fraction of sp³-hybridized carbons (Fsp3) is 0.273. The van der Waals surface area contributed by atoms with Gasteiger partial charge in [0.15, 0.2) is 6.23 Å². The van der Waals surface area contributed by atoms with Crippen LogP contribution in [0.5, 0.6) is 5.88 Å². The molecule has 0 spiro atoms. The van der Waals surface area contributed by atoms with Gasteiger partial charge in [0, 0.05) is 46.8 Å². The highest BCUT2D eigenvalue weighted by Gasteiger charge is 2.25. The fourth-order valence-electron chi connectivity index (χ4n) is 5.71. The molecule has 0 saturated heterocycles. The Morgan fingerprint density at radius 1 is 1.28 bits per heavy atom. The zero-order chi connectivity index (χ0) is 32.4. The molecule has 6 rings (SSSR count). The smallest absolute Gasteiger partial charge is 0.289 e. The molecule has 2 aliphatic rings. The molecule has 1 aromatic carbocycles. The number of carbonyl (C=O) groups is 1. The molecule has 0 saturated carbocycles. The van der Waals surface area contributed by atoms with Crippen LogP contribution in [0, 0.1) is 5.82 Å². The number of thiophene rings is 1. The Morgan fingerprint density at radius 2 is 2.11 bits per heavy atom. The SMILES string of the molecule is C=CC(=O)NCCOc1cccc(NC2=CC(c3cc(F)cc(-n4ncc5c6c(sc5c4=O)CCCC6)c3CO)=CN(C)C2O)n1. The summed E-state index contributed by atoms with van der Waals surface area (Å²) in [5, 5.41) is 32.5. The fourth-order valence-corrected chi connectivity index (χ4v) is 7.00. The van der Waals surface area contributed by atoms with E-state index in [1.54, 1.807) is 43.7 Å². The van der Waals surface area contributed by atoms with Crippen LogP contribution in [0.2, 0.25) is 0 Å². The lowest BCUT2D eigenvalue weighted by Gasteiger charge is -2.30. The molecule has 1 aliphatic heterocycles. The van der Waals surface area contributed by atoms with E-state index in [1.807, 2.05) is 0 Å². The van der Waals surface area contributed by atoms with Gasteiger partial charge in [0.1, 0.15) is 22.9 Å². The van der Waals surface area contributed by atoms with Gasteiger partial charge in [-0.3, -0.25) is 9.59 Å². The summed E-state index contributed by atoms with van der Waals surface area (Å²) in [7, 11) is 1.65. The molecule has 0 bridgehead atoms. The molecule has 1 atom stereocenters. The molecule has 238 valence electrons. The second-order valence-electron chi connectivity index (χ2n) is 11.0. The van der Waals surface area contributed by atoms with Crippen LogP contribution in [-0.2, 0) is 24.2 Å². The Hall–Kier alpha value is -4.85.